The standard InChI is InChI=1S/C2H2N2O.Zn/c1-3-4-2-5-1;/h1-2H;. The fraction of sp³-hybridized carbons (Fsp3) is 0. The first-order valence-electron chi connectivity index (χ1n) is 1.19. The zero-order valence-corrected chi connectivity index (χ0v) is 6.13. The molecule has 1 aromatic heterocycles. The van der Waals surface area contributed by atoms with Gasteiger partial charge in [0, 0.05) is 19.5 Å². The Labute approximate surface area is 47.5 Å². The number of aromatic nitrogens is 2. The van der Waals surface area contributed by atoms with Crippen molar-refractivity contribution in [2.24, 2.45) is 0 Å². The summed E-state index contributed by atoms with van der Waals surface area (Å²) in [6, 6.07) is 0. The van der Waals surface area contributed by atoms with Crippen molar-refractivity contribution in [2.45, 2.75) is 0 Å². The minimum atomic E-state index is 0. The molecule has 0 atom stereocenters. The van der Waals surface area contributed by atoms with Gasteiger partial charge in [-0.25, -0.2) is 0 Å². The van der Waals surface area contributed by atoms with Gasteiger partial charge in [-0.05, 0) is 0 Å². The molecule has 0 aliphatic rings. The van der Waals surface area contributed by atoms with Crippen molar-refractivity contribution in [3.05, 3.63) is 12.8 Å². The van der Waals surface area contributed by atoms with Gasteiger partial charge in [-0.1, -0.05) is 0 Å². The number of hydrogen-bond acceptors (Lipinski definition) is 3. The molecular weight excluding hydrogens is 133 g/mol. The summed E-state index contributed by atoms with van der Waals surface area (Å²) >= 11 is 0. The second-order valence-corrected chi connectivity index (χ2v) is 0.578. The summed E-state index contributed by atoms with van der Waals surface area (Å²) in [5, 5.41) is 6.61. The number of rotatable bonds is 0. The van der Waals surface area contributed by atoms with E-state index in [9.17, 15) is 0 Å². The van der Waals surface area contributed by atoms with Gasteiger partial charge in [0.05, 0.1) is 0 Å². The summed E-state index contributed by atoms with van der Waals surface area (Å²) in [6.45, 7) is 0. The van der Waals surface area contributed by atoms with Crippen LogP contribution in [0.25, 0.3) is 0 Å². The Kier molecular flexibility index (Phi) is 2.86. The Bertz CT molecular complexity index is 68.0. The van der Waals surface area contributed by atoms with Crippen LogP contribution in [0.2, 0.25) is 0 Å². The van der Waals surface area contributed by atoms with Gasteiger partial charge in [-0.15, -0.1) is 10.2 Å². The summed E-state index contributed by atoms with van der Waals surface area (Å²) in [5.74, 6) is 0. The molecule has 0 amide bonds. The van der Waals surface area contributed by atoms with Crippen LogP contribution in [0.15, 0.2) is 17.2 Å². The van der Waals surface area contributed by atoms with Crippen molar-refractivity contribution in [2.75, 3.05) is 0 Å². The molecule has 0 N–H and O–H groups in total. The van der Waals surface area contributed by atoms with Crippen LogP contribution in [-0.2, 0) is 19.5 Å². The van der Waals surface area contributed by atoms with Gasteiger partial charge in [-0.3, -0.25) is 0 Å². The molecule has 3 nitrogen and oxygen atoms in total. The third-order valence-electron chi connectivity index (χ3n) is 0.283. The molecule has 28 valence electrons. The summed E-state index contributed by atoms with van der Waals surface area (Å²) in [5.41, 5.74) is 0. The maximum atomic E-state index is 4.36. The van der Waals surface area contributed by atoms with Crippen molar-refractivity contribution in [1.82, 2.24) is 10.2 Å². The molecule has 0 fully saturated rings. The number of hydrogen-bond donors (Lipinski definition) is 0. The average Bonchev–Trinajstić information content (AvgIpc) is 1.76. The maximum Gasteiger partial charge on any atom is 0.203 e. The fourth-order valence-corrected chi connectivity index (χ4v) is 0.136. The topological polar surface area (TPSA) is 38.9 Å². The van der Waals surface area contributed by atoms with Crippen LogP contribution in [0.5, 0.6) is 0 Å². The number of nitrogens with zero attached hydrogens (tertiary/aromatic N) is 2. The summed E-state index contributed by atoms with van der Waals surface area (Å²) in [4.78, 5) is 0. The molecule has 0 aromatic carbocycles. The van der Waals surface area contributed by atoms with Gasteiger partial charge < -0.3 is 4.42 Å². The Morgan fingerprint density at radius 1 is 1.17 bits per heavy atom. The van der Waals surface area contributed by atoms with Crippen molar-refractivity contribution in [3.63, 3.8) is 0 Å². The van der Waals surface area contributed by atoms with E-state index < -0.39 is 0 Å². The third kappa shape index (κ3) is 1.27. The van der Waals surface area contributed by atoms with Gasteiger partial charge in [-0.2, -0.15) is 0 Å². The van der Waals surface area contributed by atoms with Crippen LogP contribution in [0.1, 0.15) is 0 Å². The Balaban J connectivity index is 0.000000250. The predicted octanol–water partition coefficient (Wildman–Crippen LogP) is 0.0671. The molecule has 1 rings (SSSR count). The van der Waals surface area contributed by atoms with Crippen LogP contribution >= 0.6 is 0 Å². The van der Waals surface area contributed by atoms with E-state index in [4.69, 9.17) is 0 Å². The van der Waals surface area contributed by atoms with E-state index in [0.29, 0.717) is 0 Å². The SMILES string of the molecule is [Zn].c1nnco1. The van der Waals surface area contributed by atoms with Gasteiger partial charge in [0.25, 0.3) is 0 Å². The smallest absolute Gasteiger partial charge is 0.203 e. The van der Waals surface area contributed by atoms with Crippen molar-refractivity contribution < 1.29 is 23.9 Å². The third-order valence-corrected chi connectivity index (χ3v) is 0.283. The monoisotopic (exact) mass is 134 g/mol. The van der Waals surface area contributed by atoms with E-state index in [1.165, 1.54) is 12.8 Å². The largest absolute Gasteiger partial charge is 0.431 e. The second kappa shape index (κ2) is 2.97. The van der Waals surface area contributed by atoms with Crippen LogP contribution in [-0.4, -0.2) is 10.2 Å². The summed E-state index contributed by atoms with van der Waals surface area (Å²) in [7, 11) is 0. The molecule has 0 aliphatic carbocycles. The Hall–Kier alpha value is -0.237. The maximum absolute atomic E-state index is 4.36. The zero-order valence-electron chi connectivity index (χ0n) is 3.16. The van der Waals surface area contributed by atoms with Crippen molar-refractivity contribution >= 4 is 0 Å². The minimum absolute atomic E-state index is 0. The average molecular weight is 135 g/mol. The van der Waals surface area contributed by atoms with Crippen LogP contribution < -0.4 is 0 Å². The molecule has 0 bridgehead atoms. The second-order valence-electron chi connectivity index (χ2n) is 0.578. The van der Waals surface area contributed by atoms with E-state index in [-0.39, 0.29) is 19.5 Å². The summed E-state index contributed by atoms with van der Waals surface area (Å²) in [6.07, 6.45) is 2.53. The predicted molar refractivity (Wildman–Crippen MR) is 14.3 cm³/mol. The first kappa shape index (κ1) is 5.76. The minimum Gasteiger partial charge on any atom is -0.431 e. The first-order valence-corrected chi connectivity index (χ1v) is 1.19. The van der Waals surface area contributed by atoms with Crippen LogP contribution in [0.3, 0.4) is 0 Å². The van der Waals surface area contributed by atoms with E-state index >= 15 is 0 Å². The molecular formula is C2H2N2OZn. The first-order chi connectivity index (χ1) is 2.50. The van der Waals surface area contributed by atoms with E-state index in [2.05, 4.69) is 14.6 Å². The van der Waals surface area contributed by atoms with Crippen molar-refractivity contribution in [1.29, 1.82) is 0 Å². The molecule has 4 heteroatoms. The fourth-order valence-electron chi connectivity index (χ4n) is 0.136. The molecule has 6 heavy (non-hydrogen) atoms. The molecule has 0 saturated carbocycles. The molecule has 1 aromatic rings. The Morgan fingerprint density at radius 2 is 1.67 bits per heavy atom. The quantitative estimate of drug-likeness (QED) is 0.473. The van der Waals surface area contributed by atoms with Gasteiger partial charge in [0.2, 0.25) is 12.8 Å². The van der Waals surface area contributed by atoms with Crippen molar-refractivity contribution in [3.8, 4) is 0 Å². The molecule has 0 unspecified atom stereocenters. The molecule has 0 saturated heterocycles. The Morgan fingerprint density at radius 3 is 1.83 bits per heavy atom. The summed E-state index contributed by atoms with van der Waals surface area (Å²) < 4.78 is 4.36. The molecule has 1 heterocycles. The molecule has 0 aliphatic heterocycles. The van der Waals surface area contributed by atoms with Crippen LogP contribution in [0, 0.1) is 0 Å². The van der Waals surface area contributed by atoms with Gasteiger partial charge in [0.15, 0.2) is 0 Å². The van der Waals surface area contributed by atoms with Gasteiger partial charge >= 0.3 is 0 Å². The normalized spacial score (nSPS) is 6.67. The zero-order chi connectivity index (χ0) is 3.54. The molecule has 0 spiro atoms. The van der Waals surface area contributed by atoms with E-state index in [1.807, 2.05) is 0 Å². The van der Waals surface area contributed by atoms with E-state index in [1.54, 1.807) is 0 Å². The molecule has 0 radical (unpaired) electrons. The van der Waals surface area contributed by atoms with E-state index in [0.717, 1.165) is 0 Å². The van der Waals surface area contributed by atoms with Gasteiger partial charge in [0.1, 0.15) is 0 Å². The van der Waals surface area contributed by atoms with Crippen LogP contribution in [0.4, 0.5) is 0 Å².